The van der Waals surface area contributed by atoms with Crippen molar-refractivity contribution in [2.24, 2.45) is 5.41 Å². The molecule has 0 aliphatic carbocycles. The quantitative estimate of drug-likeness (QED) is 0.850. The molecule has 1 aliphatic heterocycles. The van der Waals surface area contributed by atoms with Gasteiger partial charge in [-0.15, -0.1) is 0 Å². The first kappa shape index (κ1) is 16.0. The lowest BCUT2D eigenvalue weighted by Gasteiger charge is -2.35. The Morgan fingerprint density at radius 2 is 1.86 bits per heavy atom. The fourth-order valence-corrected chi connectivity index (χ4v) is 2.57. The molecule has 0 bridgehead atoms. The minimum Gasteiger partial charge on any atom is -0.454 e. The van der Waals surface area contributed by atoms with Crippen molar-refractivity contribution in [3.05, 3.63) is 35.6 Å². The second-order valence-corrected chi connectivity index (χ2v) is 6.74. The monoisotopic (exact) mass is 293 g/mol. The van der Waals surface area contributed by atoms with Crippen molar-refractivity contribution >= 4 is 5.97 Å². The van der Waals surface area contributed by atoms with E-state index in [1.807, 2.05) is 20.8 Å². The first-order valence-electron chi connectivity index (χ1n) is 7.54. The maximum Gasteiger partial charge on any atom is 0.312 e. The molecule has 1 aliphatic rings. The standard InChI is InChI=1S/C17H24FNO2/c1-16(2,3)15(20)21-17(9-4-11-19-12-10-17)13-5-7-14(18)8-6-13/h5-8,19H,4,9-12H2,1-3H3. The number of hydrogen-bond acceptors (Lipinski definition) is 3. The van der Waals surface area contributed by atoms with E-state index in [0.717, 1.165) is 31.5 Å². The van der Waals surface area contributed by atoms with Crippen LogP contribution in [-0.2, 0) is 15.1 Å². The minimum absolute atomic E-state index is 0.214. The minimum atomic E-state index is -0.651. The molecule has 116 valence electrons. The van der Waals surface area contributed by atoms with E-state index in [1.54, 1.807) is 12.1 Å². The van der Waals surface area contributed by atoms with E-state index in [-0.39, 0.29) is 11.8 Å². The average molecular weight is 293 g/mol. The summed E-state index contributed by atoms with van der Waals surface area (Å²) in [7, 11) is 0. The first-order valence-corrected chi connectivity index (χ1v) is 7.54. The molecular formula is C17H24FNO2. The van der Waals surface area contributed by atoms with Gasteiger partial charge in [0.2, 0.25) is 0 Å². The molecular weight excluding hydrogens is 269 g/mol. The van der Waals surface area contributed by atoms with E-state index < -0.39 is 11.0 Å². The van der Waals surface area contributed by atoms with Gasteiger partial charge in [0, 0.05) is 6.42 Å². The lowest BCUT2D eigenvalue weighted by molar-refractivity contribution is -0.172. The van der Waals surface area contributed by atoms with E-state index in [0.29, 0.717) is 6.42 Å². The van der Waals surface area contributed by atoms with Crippen LogP contribution in [0, 0.1) is 11.2 Å². The van der Waals surface area contributed by atoms with Gasteiger partial charge in [0.25, 0.3) is 0 Å². The smallest absolute Gasteiger partial charge is 0.312 e. The highest BCUT2D eigenvalue weighted by atomic mass is 19.1. The number of esters is 1. The molecule has 4 heteroatoms. The Kier molecular flexibility index (Phi) is 4.67. The SMILES string of the molecule is CC(C)(C)C(=O)OC1(c2ccc(F)cc2)CCCNCC1. The Morgan fingerprint density at radius 3 is 2.48 bits per heavy atom. The van der Waals surface area contributed by atoms with Crippen LogP contribution in [-0.4, -0.2) is 19.1 Å². The Balaban J connectivity index is 2.34. The number of hydrogen-bond donors (Lipinski definition) is 1. The summed E-state index contributed by atoms with van der Waals surface area (Å²) in [5.41, 5.74) is -0.320. The lowest BCUT2D eigenvalue weighted by Crippen LogP contribution is -2.37. The lowest BCUT2D eigenvalue weighted by atomic mass is 9.85. The summed E-state index contributed by atoms with van der Waals surface area (Å²) in [6, 6.07) is 6.33. The molecule has 1 unspecified atom stereocenters. The molecule has 1 heterocycles. The highest BCUT2D eigenvalue weighted by Crippen LogP contribution is 2.37. The topological polar surface area (TPSA) is 38.3 Å². The molecule has 0 saturated carbocycles. The van der Waals surface area contributed by atoms with Gasteiger partial charge in [-0.3, -0.25) is 4.79 Å². The molecule has 2 rings (SSSR count). The molecule has 1 saturated heterocycles. The molecule has 0 spiro atoms. The van der Waals surface area contributed by atoms with Gasteiger partial charge in [-0.25, -0.2) is 4.39 Å². The Hall–Kier alpha value is -1.42. The van der Waals surface area contributed by atoms with E-state index in [9.17, 15) is 9.18 Å². The molecule has 1 aromatic rings. The van der Waals surface area contributed by atoms with Crippen LogP contribution in [0.15, 0.2) is 24.3 Å². The van der Waals surface area contributed by atoms with Crippen molar-refractivity contribution in [1.29, 1.82) is 0 Å². The molecule has 1 fully saturated rings. The van der Waals surface area contributed by atoms with Gasteiger partial charge in [0.1, 0.15) is 11.4 Å². The van der Waals surface area contributed by atoms with E-state index in [2.05, 4.69) is 5.32 Å². The molecule has 3 nitrogen and oxygen atoms in total. The van der Waals surface area contributed by atoms with Gasteiger partial charge in [0.15, 0.2) is 0 Å². The largest absolute Gasteiger partial charge is 0.454 e. The summed E-state index contributed by atoms with van der Waals surface area (Å²) in [6.45, 7) is 7.25. The molecule has 0 aromatic heterocycles. The van der Waals surface area contributed by atoms with Gasteiger partial charge in [-0.1, -0.05) is 12.1 Å². The summed E-state index contributed by atoms with van der Waals surface area (Å²) in [6.07, 6.45) is 2.39. The molecule has 1 atom stereocenters. The third-order valence-corrected chi connectivity index (χ3v) is 3.91. The number of carbonyl (C=O) groups is 1. The Labute approximate surface area is 125 Å². The summed E-state index contributed by atoms with van der Waals surface area (Å²) in [4.78, 5) is 12.4. The number of rotatable bonds is 2. The summed E-state index contributed by atoms with van der Waals surface area (Å²) < 4.78 is 19.1. The van der Waals surface area contributed by atoms with Crippen molar-refractivity contribution in [3.63, 3.8) is 0 Å². The average Bonchev–Trinajstić information content (AvgIpc) is 2.65. The van der Waals surface area contributed by atoms with Crippen LogP contribution in [0.4, 0.5) is 4.39 Å². The zero-order valence-electron chi connectivity index (χ0n) is 13.0. The van der Waals surface area contributed by atoms with Crippen molar-refractivity contribution < 1.29 is 13.9 Å². The van der Waals surface area contributed by atoms with E-state index in [1.165, 1.54) is 12.1 Å². The van der Waals surface area contributed by atoms with E-state index in [4.69, 9.17) is 4.74 Å². The van der Waals surface area contributed by atoms with Crippen molar-refractivity contribution in [2.75, 3.05) is 13.1 Å². The Morgan fingerprint density at radius 1 is 1.19 bits per heavy atom. The molecule has 1 aromatic carbocycles. The van der Waals surface area contributed by atoms with Gasteiger partial charge >= 0.3 is 5.97 Å². The second-order valence-electron chi connectivity index (χ2n) is 6.74. The van der Waals surface area contributed by atoms with Gasteiger partial charge in [-0.2, -0.15) is 0 Å². The summed E-state index contributed by atoms with van der Waals surface area (Å²) in [5, 5.41) is 3.33. The molecule has 0 amide bonds. The summed E-state index contributed by atoms with van der Waals surface area (Å²) >= 11 is 0. The highest BCUT2D eigenvalue weighted by Gasteiger charge is 2.39. The zero-order chi connectivity index (χ0) is 15.5. The zero-order valence-corrected chi connectivity index (χ0v) is 13.0. The van der Waals surface area contributed by atoms with Crippen LogP contribution in [0.3, 0.4) is 0 Å². The number of nitrogens with one attached hydrogen (secondary N) is 1. The number of ether oxygens (including phenoxy) is 1. The second kappa shape index (κ2) is 6.14. The maximum absolute atomic E-state index is 13.2. The number of carbonyl (C=O) groups excluding carboxylic acids is 1. The fourth-order valence-electron chi connectivity index (χ4n) is 2.57. The first-order chi connectivity index (χ1) is 9.83. The predicted octanol–water partition coefficient (Wildman–Crippen LogP) is 3.38. The van der Waals surface area contributed by atoms with E-state index >= 15 is 0 Å². The third kappa shape index (κ3) is 3.82. The third-order valence-electron chi connectivity index (χ3n) is 3.91. The van der Waals surface area contributed by atoms with Crippen molar-refractivity contribution in [1.82, 2.24) is 5.32 Å². The van der Waals surface area contributed by atoms with Crippen molar-refractivity contribution in [2.45, 2.75) is 45.6 Å². The van der Waals surface area contributed by atoms with Gasteiger partial charge in [0.05, 0.1) is 5.41 Å². The van der Waals surface area contributed by atoms with Crippen molar-refractivity contribution in [3.8, 4) is 0 Å². The Bertz CT molecular complexity index is 483. The van der Waals surface area contributed by atoms with Crippen LogP contribution in [0.25, 0.3) is 0 Å². The fraction of sp³-hybridized carbons (Fsp3) is 0.588. The van der Waals surface area contributed by atoms with Gasteiger partial charge < -0.3 is 10.1 Å². The van der Waals surface area contributed by atoms with Crippen LogP contribution in [0.2, 0.25) is 0 Å². The van der Waals surface area contributed by atoms with Gasteiger partial charge in [-0.05, 0) is 64.4 Å². The number of benzene rings is 1. The number of halogens is 1. The highest BCUT2D eigenvalue weighted by molar-refractivity contribution is 5.76. The molecule has 21 heavy (non-hydrogen) atoms. The summed E-state index contributed by atoms with van der Waals surface area (Å²) in [5.74, 6) is -0.489. The van der Waals surface area contributed by atoms with Crippen LogP contribution in [0.1, 0.15) is 45.6 Å². The van der Waals surface area contributed by atoms with Crippen LogP contribution in [0.5, 0.6) is 0 Å². The normalized spacial score (nSPS) is 23.4. The molecule has 1 N–H and O–H groups in total. The molecule has 0 radical (unpaired) electrons. The van der Waals surface area contributed by atoms with Crippen LogP contribution >= 0.6 is 0 Å². The predicted molar refractivity (Wildman–Crippen MR) is 80.3 cm³/mol. The maximum atomic E-state index is 13.2. The van der Waals surface area contributed by atoms with Crippen LogP contribution < -0.4 is 5.32 Å².